The third kappa shape index (κ3) is 4.84. The molecule has 8 heteroatoms. The fourth-order valence-corrected chi connectivity index (χ4v) is 3.28. The van der Waals surface area contributed by atoms with Crippen LogP contribution in [-0.4, -0.2) is 28.0 Å². The number of ether oxygens (including phenoxy) is 1. The highest BCUT2D eigenvalue weighted by molar-refractivity contribution is 5.98. The predicted molar refractivity (Wildman–Crippen MR) is 115 cm³/mol. The summed E-state index contributed by atoms with van der Waals surface area (Å²) in [6, 6.07) is 14.3. The number of aromatic nitrogens is 2. The second kappa shape index (κ2) is 9.71. The van der Waals surface area contributed by atoms with Crippen LogP contribution in [0.5, 0.6) is 5.75 Å². The number of aryl methyl sites for hydroxylation is 1. The SMILES string of the molecule is CC(=O)c1c(-c2ccccc2)ncn1CCCOc1cccc(CN)c1NC(N)=O. The molecule has 1 aromatic heterocycles. The maximum absolute atomic E-state index is 12.2. The van der Waals surface area contributed by atoms with Gasteiger partial charge in [-0.05, 0) is 18.1 Å². The molecule has 3 rings (SSSR count). The highest BCUT2D eigenvalue weighted by Gasteiger charge is 2.17. The summed E-state index contributed by atoms with van der Waals surface area (Å²) in [6.07, 6.45) is 2.31. The summed E-state index contributed by atoms with van der Waals surface area (Å²) < 4.78 is 7.69. The number of nitrogens with zero attached hydrogens (tertiary/aromatic N) is 2. The number of Topliss-reactive ketones (excluding diaryl/α,β-unsaturated/α-hetero) is 1. The molecular weight excluding hydrogens is 382 g/mol. The van der Waals surface area contributed by atoms with Crippen LogP contribution in [0.3, 0.4) is 0 Å². The molecule has 3 aromatic rings. The van der Waals surface area contributed by atoms with Gasteiger partial charge < -0.3 is 26.1 Å². The van der Waals surface area contributed by atoms with Crippen LogP contribution in [0.1, 0.15) is 29.4 Å². The van der Waals surface area contributed by atoms with Gasteiger partial charge in [0.25, 0.3) is 0 Å². The number of benzene rings is 2. The molecule has 0 radical (unpaired) electrons. The van der Waals surface area contributed by atoms with Gasteiger partial charge in [-0.25, -0.2) is 9.78 Å². The molecule has 0 aliphatic carbocycles. The molecule has 30 heavy (non-hydrogen) atoms. The van der Waals surface area contributed by atoms with Gasteiger partial charge in [0.1, 0.15) is 11.4 Å². The van der Waals surface area contributed by atoms with Crippen molar-refractivity contribution >= 4 is 17.5 Å². The number of rotatable bonds is 9. The van der Waals surface area contributed by atoms with E-state index in [0.29, 0.717) is 42.4 Å². The average molecular weight is 407 g/mol. The summed E-state index contributed by atoms with van der Waals surface area (Å²) in [4.78, 5) is 28.0. The van der Waals surface area contributed by atoms with E-state index in [9.17, 15) is 9.59 Å². The summed E-state index contributed by atoms with van der Waals surface area (Å²) in [6.45, 7) is 2.71. The summed E-state index contributed by atoms with van der Waals surface area (Å²) in [5.41, 5.74) is 14.3. The number of urea groups is 1. The summed E-state index contributed by atoms with van der Waals surface area (Å²) in [5, 5.41) is 2.57. The van der Waals surface area contributed by atoms with E-state index in [1.165, 1.54) is 6.92 Å². The number of primary amides is 1. The zero-order chi connectivity index (χ0) is 21.5. The van der Waals surface area contributed by atoms with Gasteiger partial charge >= 0.3 is 6.03 Å². The third-order valence-corrected chi connectivity index (χ3v) is 4.60. The molecular formula is C22H25N5O3. The molecule has 0 atom stereocenters. The molecule has 0 bridgehead atoms. The molecule has 0 spiro atoms. The van der Waals surface area contributed by atoms with Crippen molar-refractivity contribution in [3.63, 3.8) is 0 Å². The molecule has 0 aliphatic heterocycles. The van der Waals surface area contributed by atoms with E-state index in [-0.39, 0.29) is 12.3 Å². The largest absolute Gasteiger partial charge is 0.491 e. The first-order valence-electron chi connectivity index (χ1n) is 9.64. The Hall–Kier alpha value is -3.65. The Kier molecular flexibility index (Phi) is 6.82. The topological polar surface area (TPSA) is 125 Å². The summed E-state index contributed by atoms with van der Waals surface area (Å²) >= 11 is 0. The first-order valence-corrected chi connectivity index (χ1v) is 9.64. The van der Waals surface area contributed by atoms with E-state index < -0.39 is 6.03 Å². The normalized spacial score (nSPS) is 10.6. The molecule has 0 unspecified atom stereocenters. The zero-order valence-corrected chi connectivity index (χ0v) is 16.8. The number of nitrogens with one attached hydrogen (secondary N) is 1. The Bertz CT molecular complexity index is 1030. The fourth-order valence-electron chi connectivity index (χ4n) is 3.28. The fraction of sp³-hybridized carbons (Fsp3) is 0.227. The average Bonchev–Trinajstić information content (AvgIpc) is 3.16. The van der Waals surface area contributed by atoms with E-state index in [4.69, 9.17) is 16.2 Å². The van der Waals surface area contributed by atoms with Crippen LogP contribution in [0.2, 0.25) is 0 Å². The molecule has 0 saturated carbocycles. The van der Waals surface area contributed by atoms with Crippen LogP contribution in [-0.2, 0) is 13.1 Å². The number of ketones is 1. The Morgan fingerprint density at radius 2 is 1.90 bits per heavy atom. The summed E-state index contributed by atoms with van der Waals surface area (Å²) in [7, 11) is 0. The summed E-state index contributed by atoms with van der Waals surface area (Å²) in [5.74, 6) is 0.454. The zero-order valence-electron chi connectivity index (χ0n) is 16.8. The van der Waals surface area contributed by atoms with Crippen LogP contribution in [0.25, 0.3) is 11.3 Å². The van der Waals surface area contributed by atoms with E-state index >= 15 is 0 Å². The minimum Gasteiger partial charge on any atom is -0.491 e. The first-order chi connectivity index (χ1) is 14.5. The van der Waals surface area contributed by atoms with Crippen LogP contribution in [0, 0.1) is 0 Å². The van der Waals surface area contributed by atoms with Crippen molar-refractivity contribution in [3.8, 4) is 17.0 Å². The third-order valence-electron chi connectivity index (χ3n) is 4.60. The highest BCUT2D eigenvalue weighted by atomic mass is 16.5. The second-order valence-electron chi connectivity index (χ2n) is 6.74. The predicted octanol–water partition coefficient (Wildman–Crippen LogP) is 3.17. The molecule has 5 N–H and O–H groups in total. The van der Waals surface area contributed by atoms with Gasteiger partial charge in [-0.3, -0.25) is 4.79 Å². The molecule has 2 amide bonds. The number of hydrogen-bond acceptors (Lipinski definition) is 5. The van der Waals surface area contributed by atoms with Crippen molar-refractivity contribution in [3.05, 3.63) is 66.1 Å². The molecule has 0 saturated heterocycles. The van der Waals surface area contributed by atoms with Gasteiger partial charge in [0.2, 0.25) is 0 Å². The maximum atomic E-state index is 12.2. The van der Waals surface area contributed by atoms with Crippen LogP contribution in [0.15, 0.2) is 54.9 Å². The van der Waals surface area contributed by atoms with Crippen LogP contribution < -0.4 is 21.5 Å². The Balaban J connectivity index is 1.69. The second-order valence-corrected chi connectivity index (χ2v) is 6.74. The van der Waals surface area contributed by atoms with Crippen LogP contribution in [0.4, 0.5) is 10.5 Å². The number of nitrogens with two attached hydrogens (primary N) is 2. The van der Waals surface area contributed by atoms with Crippen molar-refractivity contribution in [2.75, 3.05) is 11.9 Å². The molecule has 0 aliphatic rings. The molecule has 2 aromatic carbocycles. The van der Waals surface area contributed by atoms with Gasteiger partial charge in [-0.1, -0.05) is 42.5 Å². The van der Waals surface area contributed by atoms with E-state index in [1.54, 1.807) is 24.5 Å². The number of imidazole rings is 1. The lowest BCUT2D eigenvalue weighted by Crippen LogP contribution is -2.21. The van der Waals surface area contributed by atoms with E-state index in [1.807, 2.05) is 34.9 Å². The minimum absolute atomic E-state index is 0.0455. The maximum Gasteiger partial charge on any atom is 0.316 e. The molecule has 1 heterocycles. The smallest absolute Gasteiger partial charge is 0.316 e. The number of anilines is 1. The number of hydrogen-bond donors (Lipinski definition) is 3. The highest BCUT2D eigenvalue weighted by Crippen LogP contribution is 2.28. The minimum atomic E-state index is -0.682. The van der Waals surface area contributed by atoms with Gasteiger partial charge in [0.05, 0.1) is 24.3 Å². The first kappa shape index (κ1) is 21.1. The Labute approximate surface area is 174 Å². The monoisotopic (exact) mass is 407 g/mol. The van der Waals surface area contributed by atoms with Gasteiger partial charge in [0.15, 0.2) is 5.78 Å². The Morgan fingerprint density at radius 3 is 2.57 bits per heavy atom. The van der Waals surface area contributed by atoms with Crippen LogP contribution >= 0.6 is 0 Å². The molecule has 8 nitrogen and oxygen atoms in total. The lowest BCUT2D eigenvalue weighted by molar-refractivity contribution is 0.100. The number of para-hydroxylation sites is 1. The standard InChI is InChI=1S/C22H25N5O3/c1-15(28)21-20(16-7-3-2-4-8-16)25-14-27(21)11-6-12-30-18-10-5-9-17(13-23)19(18)26-22(24)29/h2-5,7-10,14H,6,11-13,23H2,1H3,(H3,24,26,29). The lowest BCUT2D eigenvalue weighted by atomic mass is 10.1. The molecule has 0 fully saturated rings. The van der Waals surface area contributed by atoms with Crippen molar-refractivity contribution in [2.24, 2.45) is 11.5 Å². The van der Waals surface area contributed by atoms with E-state index in [2.05, 4.69) is 10.3 Å². The quantitative estimate of drug-likeness (QED) is 0.371. The van der Waals surface area contributed by atoms with Gasteiger partial charge in [0, 0.05) is 25.6 Å². The van der Waals surface area contributed by atoms with E-state index in [0.717, 1.165) is 11.1 Å². The van der Waals surface area contributed by atoms with Crippen molar-refractivity contribution in [1.29, 1.82) is 0 Å². The number of carbonyl (C=O) groups excluding carboxylic acids is 2. The van der Waals surface area contributed by atoms with Crippen molar-refractivity contribution in [1.82, 2.24) is 9.55 Å². The Morgan fingerprint density at radius 1 is 1.13 bits per heavy atom. The lowest BCUT2D eigenvalue weighted by Gasteiger charge is -2.15. The van der Waals surface area contributed by atoms with Crippen molar-refractivity contribution in [2.45, 2.75) is 26.4 Å². The number of amides is 2. The molecule has 156 valence electrons. The van der Waals surface area contributed by atoms with Gasteiger partial charge in [-0.2, -0.15) is 0 Å². The number of carbonyl (C=O) groups is 2. The van der Waals surface area contributed by atoms with Crippen molar-refractivity contribution < 1.29 is 14.3 Å². The van der Waals surface area contributed by atoms with Gasteiger partial charge in [-0.15, -0.1) is 0 Å².